The number of pyridine rings is 1. The second kappa shape index (κ2) is 5.36. The fraction of sp³-hybridized carbons (Fsp3) is 0.333. The fourth-order valence-corrected chi connectivity index (χ4v) is 2.26. The van der Waals surface area contributed by atoms with Gasteiger partial charge in [-0.05, 0) is 12.3 Å². The molecule has 1 aromatic heterocycles. The molecule has 2 aromatic rings. The lowest BCUT2D eigenvalue weighted by atomic mass is 10.1. The van der Waals surface area contributed by atoms with Crippen molar-refractivity contribution in [3.63, 3.8) is 0 Å². The summed E-state index contributed by atoms with van der Waals surface area (Å²) in [6.45, 7) is 5.42. The Morgan fingerprint density at radius 2 is 2.05 bits per heavy atom. The van der Waals surface area contributed by atoms with Crippen LogP contribution >= 0.6 is 0 Å². The summed E-state index contributed by atoms with van der Waals surface area (Å²) in [5, 5.41) is 2.37. The molecule has 0 amide bonds. The molecule has 1 aromatic carbocycles. The first kappa shape index (κ1) is 12.1. The minimum Gasteiger partial charge on any atom is -0.378 e. The highest BCUT2D eigenvalue weighted by molar-refractivity contribution is 5.87. The zero-order valence-electron chi connectivity index (χ0n) is 11.0. The van der Waals surface area contributed by atoms with Crippen LogP contribution in [0.4, 0.5) is 5.82 Å². The molecule has 0 atom stereocenters. The Morgan fingerprint density at radius 1 is 1.26 bits per heavy atom. The molecule has 1 fully saturated rings. The Bertz CT molecular complexity index is 603. The van der Waals surface area contributed by atoms with Gasteiger partial charge in [-0.15, -0.1) is 0 Å². The Labute approximate surface area is 112 Å². The van der Waals surface area contributed by atoms with Crippen LogP contribution in [0.15, 0.2) is 35.5 Å². The second-order valence-corrected chi connectivity index (χ2v) is 4.69. The SMILES string of the molecule is Cc1c(/N=C/N2CCOCC2)ncc2ccccc12. The van der Waals surface area contributed by atoms with E-state index in [1.54, 1.807) is 0 Å². The Kier molecular flexibility index (Phi) is 3.42. The number of hydrogen-bond acceptors (Lipinski definition) is 3. The van der Waals surface area contributed by atoms with Crippen molar-refractivity contribution < 1.29 is 4.74 Å². The summed E-state index contributed by atoms with van der Waals surface area (Å²) in [4.78, 5) is 11.1. The molecule has 2 heterocycles. The number of aliphatic imine (C=N–C) groups is 1. The molecule has 3 rings (SSSR count). The number of aryl methyl sites for hydroxylation is 1. The van der Waals surface area contributed by atoms with Crippen LogP contribution in [0.2, 0.25) is 0 Å². The molecule has 0 aliphatic carbocycles. The maximum atomic E-state index is 5.31. The summed E-state index contributed by atoms with van der Waals surface area (Å²) >= 11 is 0. The molecular weight excluding hydrogens is 238 g/mol. The number of hydrogen-bond donors (Lipinski definition) is 0. The Balaban J connectivity index is 1.88. The van der Waals surface area contributed by atoms with Crippen molar-refractivity contribution in [2.75, 3.05) is 26.3 Å². The molecule has 0 spiro atoms. The van der Waals surface area contributed by atoms with Gasteiger partial charge in [-0.2, -0.15) is 0 Å². The van der Waals surface area contributed by atoms with Crippen LogP contribution in [0.5, 0.6) is 0 Å². The summed E-state index contributed by atoms with van der Waals surface area (Å²) in [5.74, 6) is 0.796. The average molecular weight is 255 g/mol. The highest BCUT2D eigenvalue weighted by Gasteiger charge is 2.07. The fourth-order valence-electron chi connectivity index (χ4n) is 2.26. The highest BCUT2D eigenvalue weighted by Crippen LogP contribution is 2.24. The number of ether oxygens (including phenoxy) is 1. The zero-order valence-corrected chi connectivity index (χ0v) is 11.0. The summed E-state index contributed by atoms with van der Waals surface area (Å²) in [6.07, 6.45) is 3.76. The normalized spacial score (nSPS) is 16.4. The van der Waals surface area contributed by atoms with E-state index in [-0.39, 0.29) is 0 Å². The number of rotatable bonds is 2. The van der Waals surface area contributed by atoms with Gasteiger partial charge in [-0.3, -0.25) is 0 Å². The molecular formula is C15H17N3O. The van der Waals surface area contributed by atoms with E-state index in [9.17, 15) is 0 Å². The van der Waals surface area contributed by atoms with Gasteiger partial charge >= 0.3 is 0 Å². The average Bonchev–Trinajstić information content (AvgIpc) is 2.48. The standard InChI is InChI=1S/C15H17N3O/c1-12-14-5-3-2-4-13(14)10-16-15(12)17-11-18-6-8-19-9-7-18/h2-5,10-11H,6-9H2,1H3/b17-11+. The molecule has 19 heavy (non-hydrogen) atoms. The maximum Gasteiger partial charge on any atom is 0.157 e. The zero-order chi connectivity index (χ0) is 13.1. The highest BCUT2D eigenvalue weighted by atomic mass is 16.5. The van der Waals surface area contributed by atoms with Crippen molar-refractivity contribution in [3.8, 4) is 0 Å². The third kappa shape index (κ3) is 2.58. The predicted molar refractivity (Wildman–Crippen MR) is 77.0 cm³/mol. The molecule has 0 saturated carbocycles. The van der Waals surface area contributed by atoms with E-state index in [1.807, 2.05) is 24.7 Å². The van der Waals surface area contributed by atoms with Crippen molar-refractivity contribution in [1.29, 1.82) is 0 Å². The van der Waals surface area contributed by atoms with Crippen molar-refractivity contribution in [3.05, 3.63) is 36.0 Å². The molecule has 4 nitrogen and oxygen atoms in total. The van der Waals surface area contributed by atoms with Gasteiger partial charge in [0.15, 0.2) is 5.82 Å². The van der Waals surface area contributed by atoms with Crippen LogP contribution in [0.3, 0.4) is 0 Å². The van der Waals surface area contributed by atoms with Gasteiger partial charge < -0.3 is 9.64 Å². The maximum absolute atomic E-state index is 5.31. The van der Waals surface area contributed by atoms with Crippen molar-refractivity contribution >= 4 is 22.9 Å². The first-order valence-corrected chi connectivity index (χ1v) is 6.55. The minimum absolute atomic E-state index is 0.774. The topological polar surface area (TPSA) is 37.7 Å². The lowest BCUT2D eigenvalue weighted by Gasteiger charge is -2.24. The minimum atomic E-state index is 0.774. The molecule has 1 aliphatic heterocycles. The summed E-state index contributed by atoms with van der Waals surface area (Å²) in [5.41, 5.74) is 1.13. The third-order valence-electron chi connectivity index (χ3n) is 3.42. The van der Waals surface area contributed by atoms with Crippen LogP contribution < -0.4 is 0 Å². The van der Waals surface area contributed by atoms with E-state index in [0.29, 0.717) is 0 Å². The smallest absolute Gasteiger partial charge is 0.157 e. The van der Waals surface area contributed by atoms with Crippen molar-refractivity contribution in [2.24, 2.45) is 4.99 Å². The molecule has 4 heteroatoms. The molecule has 1 saturated heterocycles. The van der Waals surface area contributed by atoms with Gasteiger partial charge in [-0.25, -0.2) is 9.98 Å². The van der Waals surface area contributed by atoms with E-state index in [1.165, 1.54) is 5.39 Å². The second-order valence-electron chi connectivity index (χ2n) is 4.69. The van der Waals surface area contributed by atoms with Crippen molar-refractivity contribution in [2.45, 2.75) is 6.92 Å². The molecule has 0 unspecified atom stereocenters. The quantitative estimate of drug-likeness (QED) is 0.611. The molecule has 0 N–H and O–H groups in total. The first-order chi connectivity index (χ1) is 9.34. The van der Waals surface area contributed by atoms with Gasteiger partial charge in [0.1, 0.15) is 0 Å². The molecule has 98 valence electrons. The van der Waals surface area contributed by atoms with Crippen LogP contribution in [0.25, 0.3) is 10.8 Å². The first-order valence-electron chi connectivity index (χ1n) is 6.55. The predicted octanol–water partition coefficient (Wildman–Crippen LogP) is 2.54. The largest absolute Gasteiger partial charge is 0.378 e. The number of fused-ring (bicyclic) bond motifs is 1. The summed E-state index contributed by atoms with van der Waals surface area (Å²) < 4.78 is 5.31. The van der Waals surface area contributed by atoms with Crippen molar-refractivity contribution in [1.82, 2.24) is 9.88 Å². The molecule has 1 aliphatic rings. The van der Waals surface area contributed by atoms with E-state index >= 15 is 0 Å². The lowest BCUT2D eigenvalue weighted by Crippen LogP contribution is -2.35. The molecule has 0 radical (unpaired) electrons. The van der Waals surface area contributed by atoms with Crippen LogP contribution in [0, 0.1) is 6.92 Å². The number of nitrogens with zero attached hydrogens (tertiary/aromatic N) is 3. The van der Waals surface area contributed by atoms with Gasteiger partial charge in [0.05, 0.1) is 19.6 Å². The Morgan fingerprint density at radius 3 is 2.89 bits per heavy atom. The third-order valence-corrected chi connectivity index (χ3v) is 3.42. The van der Waals surface area contributed by atoms with Crippen LogP contribution in [-0.2, 0) is 4.74 Å². The number of morpholine rings is 1. The number of benzene rings is 1. The monoisotopic (exact) mass is 255 g/mol. The van der Waals surface area contributed by atoms with Crippen LogP contribution in [-0.4, -0.2) is 42.5 Å². The van der Waals surface area contributed by atoms with E-state index in [0.717, 1.165) is 43.1 Å². The van der Waals surface area contributed by atoms with E-state index < -0.39 is 0 Å². The lowest BCUT2D eigenvalue weighted by molar-refractivity contribution is 0.0701. The Hall–Kier alpha value is -1.94. The summed E-state index contributed by atoms with van der Waals surface area (Å²) in [7, 11) is 0. The number of aromatic nitrogens is 1. The van der Waals surface area contributed by atoms with Gasteiger partial charge in [0.2, 0.25) is 0 Å². The van der Waals surface area contributed by atoms with E-state index in [2.05, 4.69) is 33.9 Å². The van der Waals surface area contributed by atoms with Gasteiger partial charge in [0, 0.05) is 30.2 Å². The van der Waals surface area contributed by atoms with Gasteiger partial charge in [-0.1, -0.05) is 24.3 Å². The summed E-state index contributed by atoms with van der Waals surface area (Å²) in [6, 6.07) is 8.26. The van der Waals surface area contributed by atoms with Gasteiger partial charge in [0.25, 0.3) is 0 Å². The van der Waals surface area contributed by atoms with Crippen LogP contribution in [0.1, 0.15) is 5.56 Å². The van der Waals surface area contributed by atoms with E-state index in [4.69, 9.17) is 4.74 Å². The molecule has 0 bridgehead atoms.